The number of aliphatic hydroxyl groups is 1. The summed E-state index contributed by atoms with van der Waals surface area (Å²) in [7, 11) is 0. The first-order valence-corrected chi connectivity index (χ1v) is 7.92. The molecule has 0 bridgehead atoms. The van der Waals surface area contributed by atoms with Crippen molar-refractivity contribution in [1.82, 2.24) is 15.0 Å². The van der Waals surface area contributed by atoms with Crippen LogP contribution >= 0.6 is 0 Å². The Balaban J connectivity index is 1.85. The Kier molecular flexibility index (Phi) is 4.38. The van der Waals surface area contributed by atoms with Gasteiger partial charge in [-0.3, -0.25) is 0 Å². The summed E-state index contributed by atoms with van der Waals surface area (Å²) in [6.45, 7) is 2.96. The Morgan fingerprint density at radius 3 is 2.43 bits per heavy atom. The van der Waals surface area contributed by atoms with Gasteiger partial charge in [-0.25, -0.2) is 0 Å². The highest BCUT2D eigenvalue weighted by Crippen LogP contribution is 2.24. The highest BCUT2D eigenvalue weighted by Gasteiger charge is 2.25. The van der Waals surface area contributed by atoms with Gasteiger partial charge >= 0.3 is 0 Å². The van der Waals surface area contributed by atoms with Crippen molar-refractivity contribution in [2.24, 2.45) is 0 Å². The van der Waals surface area contributed by atoms with E-state index in [1.165, 1.54) is 19.3 Å². The van der Waals surface area contributed by atoms with Crippen molar-refractivity contribution in [1.29, 1.82) is 0 Å². The monoisotopic (exact) mass is 292 g/mol. The van der Waals surface area contributed by atoms with Crippen LogP contribution in [0.5, 0.6) is 0 Å². The fourth-order valence-electron chi connectivity index (χ4n) is 3.19. The van der Waals surface area contributed by atoms with E-state index in [1.54, 1.807) is 0 Å². The maximum absolute atomic E-state index is 9.56. The zero-order chi connectivity index (χ0) is 14.7. The number of piperidine rings is 2. The molecule has 7 heteroatoms. The van der Waals surface area contributed by atoms with Gasteiger partial charge in [0.1, 0.15) is 0 Å². The largest absolute Gasteiger partial charge is 0.394 e. The van der Waals surface area contributed by atoms with E-state index in [9.17, 15) is 5.11 Å². The molecule has 0 aliphatic carbocycles. The molecule has 3 rings (SSSR count). The Morgan fingerprint density at radius 1 is 0.952 bits per heavy atom. The van der Waals surface area contributed by atoms with Gasteiger partial charge in [-0.15, -0.1) is 0 Å². The van der Waals surface area contributed by atoms with E-state index in [0.717, 1.165) is 38.9 Å². The molecule has 1 unspecified atom stereocenters. The van der Waals surface area contributed by atoms with Crippen LogP contribution in [0.3, 0.4) is 0 Å². The van der Waals surface area contributed by atoms with Crippen LogP contribution in [-0.2, 0) is 0 Å². The van der Waals surface area contributed by atoms with Crippen LogP contribution in [0.4, 0.5) is 17.8 Å². The standard InChI is InChI=1S/C14H24N6O/c15-12-16-13(19-7-3-1-4-8-19)18-14(17-12)20-9-5-2-6-11(20)10-21/h11,21H,1-10H2,(H2,15,16,17,18). The van der Waals surface area contributed by atoms with Crippen molar-refractivity contribution in [2.45, 2.75) is 44.6 Å². The molecule has 7 nitrogen and oxygen atoms in total. The zero-order valence-electron chi connectivity index (χ0n) is 12.4. The first kappa shape index (κ1) is 14.3. The quantitative estimate of drug-likeness (QED) is 0.851. The van der Waals surface area contributed by atoms with E-state index in [2.05, 4.69) is 24.8 Å². The van der Waals surface area contributed by atoms with Crippen LogP contribution in [0.2, 0.25) is 0 Å². The second-order valence-corrected chi connectivity index (χ2v) is 5.87. The summed E-state index contributed by atoms with van der Waals surface area (Å²) in [5, 5.41) is 9.56. The molecular weight excluding hydrogens is 268 g/mol. The molecular formula is C14H24N6O. The maximum atomic E-state index is 9.56. The lowest BCUT2D eigenvalue weighted by Crippen LogP contribution is -2.43. The lowest BCUT2D eigenvalue weighted by molar-refractivity contribution is 0.239. The summed E-state index contributed by atoms with van der Waals surface area (Å²) < 4.78 is 0. The first-order valence-electron chi connectivity index (χ1n) is 7.92. The van der Waals surface area contributed by atoms with E-state index in [1.807, 2.05) is 0 Å². The third kappa shape index (κ3) is 3.18. The summed E-state index contributed by atoms with van der Waals surface area (Å²) >= 11 is 0. The van der Waals surface area contributed by atoms with E-state index >= 15 is 0 Å². The molecule has 116 valence electrons. The molecule has 0 radical (unpaired) electrons. The van der Waals surface area contributed by atoms with Crippen LogP contribution in [0, 0.1) is 0 Å². The van der Waals surface area contributed by atoms with Crippen LogP contribution in [0.25, 0.3) is 0 Å². The van der Waals surface area contributed by atoms with Crippen LogP contribution in [-0.4, -0.2) is 52.3 Å². The molecule has 0 saturated carbocycles. The van der Waals surface area contributed by atoms with Crippen LogP contribution in [0.15, 0.2) is 0 Å². The SMILES string of the molecule is Nc1nc(N2CCCCC2)nc(N2CCCCC2CO)n1. The Morgan fingerprint density at radius 2 is 1.67 bits per heavy atom. The van der Waals surface area contributed by atoms with E-state index in [-0.39, 0.29) is 18.6 Å². The second-order valence-electron chi connectivity index (χ2n) is 5.87. The van der Waals surface area contributed by atoms with Crippen molar-refractivity contribution in [3.05, 3.63) is 0 Å². The molecule has 2 saturated heterocycles. The van der Waals surface area contributed by atoms with E-state index in [4.69, 9.17) is 5.73 Å². The average Bonchev–Trinajstić information content (AvgIpc) is 2.55. The molecule has 21 heavy (non-hydrogen) atoms. The second kappa shape index (κ2) is 6.43. The predicted molar refractivity (Wildman–Crippen MR) is 82.4 cm³/mol. The number of hydrogen-bond acceptors (Lipinski definition) is 7. The Bertz CT molecular complexity index is 477. The smallest absolute Gasteiger partial charge is 0.232 e. The van der Waals surface area contributed by atoms with Gasteiger partial charge in [0.05, 0.1) is 12.6 Å². The molecule has 3 heterocycles. The molecule has 2 fully saturated rings. The number of aromatic nitrogens is 3. The number of anilines is 3. The zero-order valence-corrected chi connectivity index (χ0v) is 12.4. The highest BCUT2D eigenvalue weighted by molar-refractivity contribution is 5.44. The molecule has 0 aromatic carbocycles. The molecule has 2 aliphatic rings. The van der Waals surface area contributed by atoms with Gasteiger partial charge in [-0.1, -0.05) is 0 Å². The average molecular weight is 292 g/mol. The minimum atomic E-state index is 0.0924. The summed E-state index contributed by atoms with van der Waals surface area (Å²) in [5.41, 5.74) is 5.88. The summed E-state index contributed by atoms with van der Waals surface area (Å²) in [6, 6.07) is 0.0924. The van der Waals surface area contributed by atoms with Gasteiger partial charge in [0.2, 0.25) is 17.8 Å². The van der Waals surface area contributed by atoms with Crippen LogP contribution in [0.1, 0.15) is 38.5 Å². The summed E-state index contributed by atoms with van der Waals surface area (Å²) in [4.78, 5) is 17.5. The minimum Gasteiger partial charge on any atom is -0.394 e. The van der Waals surface area contributed by atoms with Crippen molar-refractivity contribution in [2.75, 3.05) is 41.8 Å². The predicted octanol–water partition coefficient (Wildman–Crippen LogP) is 0.795. The maximum Gasteiger partial charge on any atom is 0.232 e. The van der Waals surface area contributed by atoms with Gasteiger partial charge < -0.3 is 20.6 Å². The van der Waals surface area contributed by atoms with Crippen molar-refractivity contribution in [3.8, 4) is 0 Å². The molecule has 0 amide bonds. The van der Waals surface area contributed by atoms with Gasteiger partial charge in [0.25, 0.3) is 0 Å². The third-order valence-electron chi connectivity index (χ3n) is 4.36. The number of aliphatic hydroxyl groups excluding tert-OH is 1. The fourth-order valence-corrected chi connectivity index (χ4v) is 3.19. The topological polar surface area (TPSA) is 91.4 Å². The summed E-state index contributed by atoms with van der Waals surface area (Å²) in [6.07, 6.45) is 6.82. The fraction of sp³-hybridized carbons (Fsp3) is 0.786. The molecule has 1 aromatic heterocycles. The first-order chi connectivity index (χ1) is 10.3. The Labute approximate surface area is 125 Å². The number of rotatable bonds is 3. The molecule has 1 atom stereocenters. The number of nitrogens with two attached hydrogens (primary N) is 1. The molecule has 0 spiro atoms. The van der Waals surface area contributed by atoms with Crippen molar-refractivity contribution >= 4 is 17.8 Å². The number of nitrogens with zero attached hydrogens (tertiary/aromatic N) is 5. The van der Waals surface area contributed by atoms with E-state index < -0.39 is 0 Å². The van der Waals surface area contributed by atoms with Crippen molar-refractivity contribution < 1.29 is 5.11 Å². The van der Waals surface area contributed by atoms with Crippen LogP contribution < -0.4 is 15.5 Å². The van der Waals surface area contributed by atoms with Gasteiger partial charge in [0.15, 0.2) is 0 Å². The van der Waals surface area contributed by atoms with Gasteiger partial charge in [-0.2, -0.15) is 15.0 Å². The third-order valence-corrected chi connectivity index (χ3v) is 4.36. The molecule has 1 aromatic rings. The lowest BCUT2D eigenvalue weighted by Gasteiger charge is -2.35. The molecule has 2 aliphatic heterocycles. The highest BCUT2D eigenvalue weighted by atomic mass is 16.3. The summed E-state index contributed by atoms with van der Waals surface area (Å²) in [5.74, 6) is 1.56. The van der Waals surface area contributed by atoms with Gasteiger partial charge in [0, 0.05) is 19.6 Å². The lowest BCUT2D eigenvalue weighted by atomic mass is 10.0. The number of hydrogen-bond donors (Lipinski definition) is 2. The normalized spacial score (nSPS) is 23.4. The van der Waals surface area contributed by atoms with E-state index in [0.29, 0.717) is 11.9 Å². The van der Waals surface area contributed by atoms with Gasteiger partial charge in [-0.05, 0) is 38.5 Å². The minimum absolute atomic E-state index is 0.0924. The number of nitrogen functional groups attached to an aromatic ring is 1. The van der Waals surface area contributed by atoms with Crippen molar-refractivity contribution in [3.63, 3.8) is 0 Å². The Hall–Kier alpha value is -1.63. The molecule has 3 N–H and O–H groups in total.